The molecule has 12 heavy (non-hydrogen) atoms. The molecule has 0 bridgehead atoms. The van der Waals surface area contributed by atoms with Crippen molar-refractivity contribution in [3.05, 3.63) is 0 Å². The molecule has 0 rings (SSSR count). The highest BCUT2D eigenvalue weighted by Gasteiger charge is 1.96. The Morgan fingerprint density at radius 1 is 1.17 bits per heavy atom. The molecule has 0 aromatic carbocycles. The Bertz CT molecular complexity index is 121. The average molecular weight is 171 g/mol. The monoisotopic (exact) mass is 171 g/mol. The van der Waals surface area contributed by atoms with Gasteiger partial charge in [0, 0.05) is 0 Å². The summed E-state index contributed by atoms with van der Waals surface area (Å²) in [5, 5.41) is 3.96. The van der Waals surface area contributed by atoms with Crippen LogP contribution in [-0.4, -0.2) is 12.8 Å². The van der Waals surface area contributed by atoms with Crippen LogP contribution in [0.25, 0.3) is 0 Å². The molecular formula is C10H21NO. The van der Waals surface area contributed by atoms with Crippen molar-refractivity contribution in [2.45, 2.75) is 52.4 Å². The molecule has 0 aliphatic heterocycles. The number of unbranched alkanes of at least 4 members (excludes halogenated alkanes) is 3. The second kappa shape index (κ2) is 8.57. The van der Waals surface area contributed by atoms with Gasteiger partial charge >= 0.3 is 0 Å². The summed E-state index contributed by atoms with van der Waals surface area (Å²) in [6.07, 6.45) is 7.32. The van der Waals surface area contributed by atoms with Gasteiger partial charge in [-0.2, -0.15) is 0 Å². The highest BCUT2D eigenvalue weighted by Crippen LogP contribution is 2.05. The molecule has 0 unspecified atom stereocenters. The molecule has 0 fully saturated rings. The summed E-state index contributed by atoms with van der Waals surface area (Å²) in [5.74, 6) is 0. The first-order valence-electron chi connectivity index (χ1n) is 4.94. The number of hydrogen-bond donors (Lipinski definition) is 0. The highest BCUT2D eigenvalue weighted by atomic mass is 16.6. The van der Waals surface area contributed by atoms with Crippen LogP contribution in [0.1, 0.15) is 52.4 Å². The molecule has 0 radical (unpaired) electrons. The Balaban J connectivity index is 3.38. The average Bonchev–Trinajstić information content (AvgIpc) is 2.10. The topological polar surface area (TPSA) is 21.6 Å². The summed E-state index contributed by atoms with van der Waals surface area (Å²) in [4.78, 5) is 4.74. The fourth-order valence-electron chi connectivity index (χ4n) is 1.17. The summed E-state index contributed by atoms with van der Waals surface area (Å²) in [5.41, 5.74) is 1.19. The smallest absolute Gasteiger partial charge is 0.106 e. The molecule has 2 nitrogen and oxygen atoms in total. The van der Waals surface area contributed by atoms with Crippen molar-refractivity contribution in [1.82, 2.24) is 0 Å². The van der Waals surface area contributed by atoms with Crippen LogP contribution in [0, 0.1) is 0 Å². The lowest BCUT2D eigenvalue weighted by Crippen LogP contribution is -1.96. The van der Waals surface area contributed by atoms with Gasteiger partial charge in [-0.05, 0) is 19.3 Å². The molecule has 0 saturated heterocycles. The predicted octanol–water partition coefficient (Wildman–Crippen LogP) is 3.37. The van der Waals surface area contributed by atoms with Crippen molar-refractivity contribution >= 4 is 5.71 Å². The molecule has 0 aliphatic rings. The fraction of sp³-hybridized carbons (Fsp3) is 0.900. The number of rotatable bonds is 7. The molecule has 0 aromatic heterocycles. The lowest BCUT2D eigenvalue weighted by molar-refractivity contribution is 0.211. The quantitative estimate of drug-likeness (QED) is 0.327. The maximum atomic E-state index is 4.74. The maximum Gasteiger partial charge on any atom is 0.106 e. The molecule has 0 N–H and O–H groups in total. The molecule has 72 valence electrons. The van der Waals surface area contributed by atoms with Gasteiger partial charge in [-0.1, -0.05) is 38.3 Å². The maximum absolute atomic E-state index is 4.74. The zero-order valence-corrected chi connectivity index (χ0v) is 8.60. The van der Waals surface area contributed by atoms with Gasteiger partial charge in [0.15, 0.2) is 0 Å². The van der Waals surface area contributed by atoms with Crippen LogP contribution in [0.4, 0.5) is 0 Å². The molecule has 0 heterocycles. The van der Waals surface area contributed by atoms with Gasteiger partial charge in [-0.3, -0.25) is 0 Å². The summed E-state index contributed by atoms with van der Waals surface area (Å²) in [6.45, 7) is 4.35. The van der Waals surface area contributed by atoms with E-state index in [9.17, 15) is 0 Å². The van der Waals surface area contributed by atoms with Gasteiger partial charge in [0.25, 0.3) is 0 Å². The van der Waals surface area contributed by atoms with Crippen LogP contribution in [0.2, 0.25) is 0 Å². The van der Waals surface area contributed by atoms with Crippen LogP contribution >= 0.6 is 0 Å². The number of hydrogen-bond acceptors (Lipinski definition) is 2. The third kappa shape index (κ3) is 6.20. The lowest BCUT2D eigenvalue weighted by Gasteiger charge is -2.01. The van der Waals surface area contributed by atoms with E-state index in [2.05, 4.69) is 19.0 Å². The van der Waals surface area contributed by atoms with E-state index in [4.69, 9.17) is 4.84 Å². The SMILES string of the molecule is CCCCCCC(CC)=NOC. The molecule has 0 aliphatic carbocycles. The first kappa shape index (κ1) is 11.5. The number of oxime groups is 1. The zero-order valence-electron chi connectivity index (χ0n) is 8.60. The zero-order chi connectivity index (χ0) is 9.23. The van der Waals surface area contributed by atoms with Gasteiger partial charge in [0.1, 0.15) is 7.11 Å². The Kier molecular flexibility index (Phi) is 8.19. The van der Waals surface area contributed by atoms with E-state index in [1.165, 1.54) is 31.4 Å². The third-order valence-electron chi connectivity index (χ3n) is 1.95. The summed E-state index contributed by atoms with van der Waals surface area (Å²) >= 11 is 0. The molecule has 0 saturated carbocycles. The van der Waals surface area contributed by atoms with Crippen molar-refractivity contribution in [2.24, 2.45) is 5.16 Å². The second-order valence-corrected chi connectivity index (χ2v) is 3.00. The minimum absolute atomic E-state index is 1.01. The van der Waals surface area contributed by atoms with E-state index in [1.807, 2.05) is 0 Å². The van der Waals surface area contributed by atoms with Crippen molar-refractivity contribution in [1.29, 1.82) is 0 Å². The van der Waals surface area contributed by atoms with Gasteiger partial charge in [-0.25, -0.2) is 0 Å². The van der Waals surface area contributed by atoms with Gasteiger partial charge in [0.2, 0.25) is 0 Å². The van der Waals surface area contributed by atoms with Crippen LogP contribution in [0.3, 0.4) is 0 Å². The van der Waals surface area contributed by atoms with Crippen LogP contribution < -0.4 is 0 Å². The molecule has 0 amide bonds. The Hall–Kier alpha value is -0.530. The first-order chi connectivity index (χ1) is 5.85. The fourth-order valence-corrected chi connectivity index (χ4v) is 1.17. The Labute approximate surface area is 76.0 Å². The minimum Gasteiger partial charge on any atom is -0.399 e. The minimum atomic E-state index is 1.01. The number of nitrogens with zero attached hydrogens (tertiary/aromatic N) is 1. The van der Waals surface area contributed by atoms with Gasteiger partial charge < -0.3 is 4.84 Å². The van der Waals surface area contributed by atoms with E-state index in [1.54, 1.807) is 7.11 Å². The Morgan fingerprint density at radius 3 is 2.42 bits per heavy atom. The molecule has 2 heteroatoms. The standard InChI is InChI=1S/C10H21NO/c1-4-6-7-8-9-10(5-2)11-12-3/h4-9H2,1-3H3. The normalized spacial score (nSPS) is 11.8. The van der Waals surface area contributed by atoms with Crippen molar-refractivity contribution < 1.29 is 4.84 Å². The highest BCUT2D eigenvalue weighted by molar-refractivity contribution is 5.83. The van der Waals surface area contributed by atoms with Crippen molar-refractivity contribution in [3.63, 3.8) is 0 Å². The van der Waals surface area contributed by atoms with Crippen LogP contribution in [0.5, 0.6) is 0 Å². The van der Waals surface area contributed by atoms with Crippen LogP contribution in [-0.2, 0) is 4.84 Å². The van der Waals surface area contributed by atoms with Gasteiger partial charge in [0.05, 0.1) is 5.71 Å². The van der Waals surface area contributed by atoms with E-state index >= 15 is 0 Å². The summed E-state index contributed by atoms with van der Waals surface area (Å²) in [6, 6.07) is 0. The van der Waals surface area contributed by atoms with Gasteiger partial charge in [-0.15, -0.1) is 0 Å². The van der Waals surface area contributed by atoms with Crippen molar-refractivity contribution in [3.8, 4) is 0 Å². The lowest BCUT2D eigenvalue weighted by atomic mass is 10.1. The van der Waals surface area contributed by atoms with E-state index < -0.39 is 0 Å². The molecular weight excluding hydrogens is 150 g/mol. The Morgan fingerprint density at radius 2 is 1.92 bits per heavy atom. The molecule has 0 atom stereocenters. The third-order valence-corrected chi connectivity index (χ3v) is 1.95. The summed E-state index contributed by atoms with van der Waals surface area (Å²) < 4.78 is 0. The largest absolute Gasteiger partial charge is 0.399 e. The van der Waals surface area contributed by atoms with E-state index in [-0.39, 0.29) is 0 Å². The van der Waals surface area contributed by atoms with Crippen molar-refractivity contribution in [2.75, 3.05) is 7.11 Å². The first-order valence-corrected chi connectivity index (χ1v) is 4.94. The summed E-state index contributed by atoms with van der Waals surface area (Å²) in [7, 11) is 1.61. The van der Waals surface area contributed by atoms with E-state index in [0.29, 0.717) is 0 Å². The predicted molar refractivity (Wildman–Crippen MR) is 53.5 cm³/mol. The second-order valence-electron chi connectivity index (χ2n) is 3.00. The molecule has 0 aromatic rings. The van der Waals surface area contributed by atoms with E-state index in [0.717, 1.165) is 12.8 Å². The van der Waals surface area contributed by atoms with Crippen LogP contribution in [0.15, 0.2) is 5.16 Å². The molecule has 0 spiro atoms.